The van der Waals surface area contributed by atoms with Crippen LogP contribution in [0.2, 0.25) is 0 Å². The van der Waals surface area contributed by atoms with Crippen molar-refractivity contribution in [1.82, 2.24) is 9.55 Å². The highest BCUT2D eigenvalue weighted by atomic mass is 32.1. The van der Waals surface area contributed by atoms with Gasteiger partial charge in [0.1, 0.15) is 11.4 Å². The van der Waals surface area contributed by atoms with Crippen LogP contribution >= 0.6 is 11.3 Å². The van der Waals surface area contributed by atoms with Crippen LogP contribution in [-0.4, -0.2) is 28.5 Å². The summed E-state index contributed by atoms with van der Waals surface area (Å²) in [6.07, 6.45) is 0. The summed E-state index contributed by atoms with van der Waals surface area (Å²) in [6.45, 7) is 1.41. The van der Waals surface area contributed by atoms with Crippen molar-refractivity contribution in [2.24, 2.45) is 0 Å². The number of H-pyrrole nitrogens is 1. The fraction of sp³-hybridized carbons (Fsp3) is 0.176. The van der Waals surface area contributed by atoms with Crippen LogP contribution in [0.15, 0.2) is 39.9 Å². The number of aromatic amines is 1. The summed E-state index contributed by atoms with van der Waals surface area (Å²) in [5.74, 6) is -1.02. The molecule has 2 aromatic heterocycles. The van der Waals surface area contributed by atoms with E-state index in [4.69, 9.17) is 0 Å². The molecule has 0 radical (unpaired) electrons. The Morgan fingerprint density at radius 2 is 1.92 bits per heavy atom. The molecule has 9 heteroatoms. The van der Waals surface area contributed by atoms with Crippen molar-refractivity contribution in [3.8, 4) is 0 Å². The number of nitrogens with one attached hydrogen (secondary N) is 2. The molecule has 0 unspecified atom stereocenters. The lowest BCUT2D eigenvalue weighted by atomic mass is 10.2. The minimum atomic E-state index is -0.638. The van der Waals surface area contributed by atoms with E-state index in [0.29, 0.717) is 21.5 Å². The molecule has 0 saturated heterocycles. The third-order valence-electron chi connectivity index (χ3n) is 3.69. The Morgan fingerprint density at radius 1 is 1.23 bits per heavy atom. The zero-order chi connectivity index (χ0) is 18.8. The zero-order valence-electron chi connectivity index (χ0n) is 14.0. The molecule has 0 atom stereocenters. The monoisotopic (exact) mass is 373 g/mol. The van der Waals surface area contributed by atoms with Gasteiger partial charge in [0.25, 0.3) is 5.56 Å². The number of rotatable bonds is 4. The molecule has 0 bridgehead atoms. The zero-order valence-corrected chi connectivity index (χ0v) is 14.8. The number of hydrogen-bond donors (Lipinski definition) is 2. The third kappa shape index (κ3) is 3.42. The normalized spacial score (nSPS) is 10.7. The SMILES string of the molecule is COC(=O)c1ccc(NC(=O)Cn2c(=O)[nH]c3sc(C)cc3c2=O)cc1. The van der Waals surface area contributed by atoms with Crippen LogP contribution in [0, 0.1) is 6.92 Å². The van der Waals surface area contributed by atoms with Crippen molar-refractivity contribution in [1.29, 1.82) is 0 Å². The van der Waals surface area contributed by atoms with Crippen molar-refractivity contribution >= 4 is 39.1 Å². The van der Waals surface area contributed by atoms with Crippen molar-refractivity contribution in [3.05, 3.63) is 61.6 Å². The quantitative estimate of drug-likeness (QED) is 0.673. The number of carbonyl (C=O) groups is 2. The molecule has 0 saturated carbocycles. The highest BCUT2D eigenvalue weighted by Crippen LogP contribution is 2.18. The average Bonchev–Trinajstić information content (AvgIpc) is 2.99. The number of nitrogens with zero attached hydrogens (tertiary/aromatic N) is 1. The maximum absolute atomic E-state index is 12.4. The molecule has 3 aromatic rings. The predicted molar refractivity (Wildman–Crippen MR) is 97.9 cm³/mol. The summed E-state index contributed by atoms with van der Waals surface area (Å²) in [5.41, 5.74) is -0.374. The van der Waals surface area contributed by atoms with Gasteiger partial charge in [0.15, 0.2) is 0 Å². The first-order valence-corrected chi connectivity index (χ1v) is 8.42. The van der Waals surface area contributed by atoms with E-state index in [1.165, 1.54) is 42.7 Å². The smallest absolute Gasteiger partial charge is 0.337 e. The fourth-order valence-corrected chi connectivity index (χ4v) is 3.36. The van der Waals surface area contributed by atoms with Crippen LogP contribution in [-0.2, 0) is 16.1 Å². The summed E-state index contributed by atoms with van der Waals surface area (Å²) in [6, 6.07) is 7.74. The Balaban J connectivity index is 1.80. The lowest BCUT2D eigenvalue weighted by molar-refractivity contribution is -0.116. The number of aromatic nitrogens is 2. The number of thiophene rings is 1. The Labute approximate surface area is 151 Å². The highest BCUT2D eigenvalue weighted by Gasteiger charge is 2.13. The van der Waals surface area contributed by atoms with Gasteiger partial charge in [-0.05, 0) is 37.3 Å². The molecular formula is C17H15N3O5S. The van der Waals surface area contributed by atoms with Gasteiger partial charge in [-0.15, -0.1) is 11.3 Å². The van der Waals surface area contributed by atoms with Gasteiger partial charge in [-0.3, -0.25) is 19.1 Å². The summed E-state index contributed by atoms with van der Waals surface area (Å²) >= 11 is 1.31. The predicted octanol–water partition coefficient (Wildman–Crippen LogP) is 1.49. The lowest BCUT2D eigenvalue weighted by Gasteiger charge is -2.07. The molecule has 134 valence electrons. The molecular weight excluding hydrogens is 358 g/mol. The maximum Gasteiger partial charge on any atom is 0.337 e. The molecule has 26 heavy (non-hydrogen) atoms. The number of esters is 1. The van der Waals surface area contributed by atoms with Gasteiger partial charge >= 0.3 is 11.7 Å². The molecule has 0 aliphatic carbocycles. The second-order valence-electron chi connectivity index (χ2n) is 5.54. The van der Waals surface area contributed by atoms with Crippen molar-refractivity contribution in [2.75, 3.05) is 12.4 Å². The molecule has 0 aliphatic rings. The van der Waals surface area contributed by atoms with Crippen LogP contribution in [0.5, 0.6) is 0 Å². The molecule has 0 aliphatic heterocycles. The summed E-state index contributed by atoms with van der Waals surface area (Å²) < 4.78 is 5.45. The van der Waals surface area contributed by atoms with Crippen molar-refractivity contribution in [2.45, 2.75) is 13.5 Å². The van der Waals surface area contributed by atoms with E-state index in [-0.39, 0.29) is 0 Å². The van der Waals surface area contributed by atoms with Gasteiger partial charge in [0, 0.05) is 10.6 Å². The average molecular weight is 373 g/mol. The van der Waals surface area contributed by atoms with Crippen LogP contribution < -0.4 is 16.6 Å². The molecule has 2 heterocycles. The van der Waals surface area contributed by atoms with E-state index in [1.54, 1.807) is 6.07 Å². The number of aryl methyl sites for hydroxylation is 1. The first kappa shape index (κ1) is 17.6. The number of hydrogen-bond acceptors (Lipinski definition) is 6. The second-order valence-corrected chi connectivity index (χ2v) is 6.79. The summed E-state index contributed by atoms with van der Waals surface area (Å²) in [7, 11) is 1.28. The topological polar surface area (TPSA) is 110 Å². The summed E-state index contributed by atoms with van der Waals surface area (Å²) in [4.78, 5) is 52.1. The number of ether oxygens (including phenoxy) is 1. The van der Waals surface area contributed by atoms with E-state index >= 15 is 0 Å². The minimum Gasteiger partial charge on any atom is -0.465 e. The Kier molecular flexibility index (Phi) is 4.72. The van der Waals surface area contributed by atoms with Gasteiger partial charge in [-0.1, -0.05) is 0 Å². The van der Waals surface area contributed by atoms with Crippen LogP contribution in [0.4, 0.5) is 5.69 Å². The standard InChI is InChI=1S/C17H15N3O5S/c1-9-7-12-14(26-9)19-17(24)20(15(12)22)8-13(21)18-11-5-3-10(4-6-11)16(23)25-2/h3-7H,8H2,1-2H3,(H,18,21)(H,19,24). The molecule has 1 amide bonds. The van der Waals surface area contributed by atoms with Gasteiger partial charge in [0.05, 0.1) is 18.1 Å². The Morgan fingerprint density at radius 3 is 2.58 bits per heavy atom. The Bertz CT molecular complexity index is 1110. The van der Waals surface area contributed by atoms with E-state index in [1.807, 2.05) is 6.92 Å². The lowest BCUT2D eigenvalue weighted by Crippen LogP contribution is -2.38. The van der Waals surface area contributed by atoms with Gasteiger partial charge < -0.3 is 10.1 Å². The summed E-state index contributed by atoms with van der Waals surface area (Å²) in [5, 5.41) is 2.96. The Hall–Kier alpha value is -3.20. The molecule has 1 aromatic carbocycles. The van der Waals surface area contributed by atoms with E-state index < -0.39 is 29.7 Å². The van der Waals surface area contributed by atoms with E-state index in [0.717, 1.165) is 9.44 Å². The molecule has 8 nitrogen and oxygen atoms in total. The molecule has 2 N–H and O–H groups in total. The van der Waals surface area contributed by atoms with Crippen LogP contribution in [0.1, 0.15) is 15.2 Å². The number of amides is 1. The number of methoxy groups -OCH3 is 1. The first-order valence-electron chi connectivity index (χ1n) is 7.60. The third-order valence-corrected chi connectivity index (χ3v) is 4.65. The van der Waals surface area contributed by atoms with E-state index in [9.17, 15) is 19.2 Å². The number of carbonyl (C=O) groups excluding carboxylic acids is 2. The number of fused-ring (bicyclic) bond motifs is 1. The van der Waals surface area contributed by atoms with Crippen molar-refractivity contribution < 1.29 is 14.3 Å². The fourth-order valence-electron chi connectivity index (χ4n) is 2.46. The van der Waals surface area contributed by atoms with Gasteiger partial charge in [-0.25, -0.2) is 9.59 Å². The highest BCUT2D eigenvalue weighted by molar-refractivity contribution is 7.18. The largest absolute Gasteiger partial charge is 0.465 e. The number of benzene rings is 1. The number of anilines is 1. The van der Waals surface area contributed by atoms with E-state index in [2.05, 4.69) is 15.0 Å². The molecule has 0 spiro atoms. The maximum atomic E-state index is 12.4. The van der Waals surface area contributed by atoms with Crippen molar-refractivity contribution in [3.63, 3.8) is 0 Å². The molecule has 3 rings (SSSR count). The minimum absolute atomic E-state index is 0.344. The second kappa shape index (κ2) is 6.96. The van der Waals surface area contributed by atoms with Crippen LogP contribution in [0.3, 0.4) is 0 Å². The van der Waals surface area contributed by atoms with Crippen LogP contribution in [0.25, 0.3) is 10.2 Å². The van der Waals surface area contributed by atoms with Gasteiger partial charge in [0.2, 0.25) is 5.91 Å². The first-order chi connectivity index (χ1) is 12.4. The molecule has 0 fully saturated rings. The van der Waals surface area contributed by atoms with Gasteiger partial charge in [-0.2, -0.15) is 0 Å².